The first-order valence-electron chi connectivity index (χ1n) is 4.82. The molecule has 0 saturated carbocycles. The van der Waals surface area contributed by atoms with Crippen molar-refractivity contribution in [2.75, 3.05) is 7.11 Å². The zero-order chi connectivity index (χ0) is 13.0. The number of ether oxygens (including phenoxy) is 1. The van der Waals surface area contributed by atoms with E-state index in [4.69, 9.17) is 4.74 Å². The number of furan rings is 2. The van der Waals surface area contributed by atoms with E-state index in [1.165, 1.54) is 7.11 Å². The van der Waals surface area contributed by atoms with Crippen LogP contribution in [0.25, 0.3) is 21.5 Å². The molecule has 0 bridgehead atoms. The highest BCUT2D eigenvalue weighted by Gasteiger charge is 2.22. The van der Waals surface area contributed by atoms with Crippen LogP contribution in [0.1, 0.15) is 0 Å². The van der Waals surface area contributed by atoms with Gasteiger partial charge < -0.3 is 13.6 Å². The van der Waals surface area contributed by atoms with Gasteiger partial charge in [0.15, 0.2) is 0 Å². The predicted molar refractivity (Wildman–Crippen MR) is 60.0 cm³/mol. The molecule has 2 aromatic heterocycles. The van der Waals surface area contributed by atoms with Gasteiger partial charge >= 0.3 is 22.5 Å². The highest BCUT2D eigenvalue weighted by atomic mass is 16.5. The van der Waals surface area contributed by atoms with E-state index in [1.54, 1.807) is 0 Å². The summed E-state index contributed by atoms with van der Waals surface area (Å²) in [5.74, 6) is -0.172. The zero-order valence-electron chi connectivity index (χ0n) is 8.94. The second-order valence-electron chi connectivity index (χ2n) is 3.61. The molecule has 0 spiro atoms. The van der Waals surface area contributed by atoms with Crippen molar-refractivity contribution < 1.29 is 13.6 Å². The van der Waals surface area contributed by atoms with Gasteiger partial charge in [-0.25, -0.2) is 19.2 Å². The van der Waals surface area contributed by atoms with Crippen LogP contribution in [0.5, 0.6) is 5.75 Å². The van der Waals surface area contributed by atoms with E-state index in [-0.39, 0.29) is 27.3 Å². The Balaban J connectivity index is 2.84. The molecule has 0 aliphatic rings. The van der Waals surface area contributed by atoms with E-state index in [0.717, 1.165) is 6.07 Å². The van der Waals surface area contributed by atoms with Crippen LogP contribution in [0.2, 0.25) is 0 Å². The molecule has 0 atom stereocenters. The van der Waals surface area contributed by atoms with E-state index in [2.05, 4.69) is 8.83 Å². The highest BCUT2D eigenvalue weighted by molar-refractivity contribution is 6.04. The molecule has 18 heavy (non-hydrogen) atoms. The van der Waals surface area contributed by atoms with Crippen LogP contribution < -0.4 is 27.2 Å². The average molecular weight is 248 g/mol. The summed E-state index contributed by atoms with van der Waals surface area (Å²) >= 11 is 0. The van der Waals surface area contributed by atoms with Crippen LogP contribution in [0, 0.1) is 0 Å². The molecule has 0 aliphatic heterocycles. The van der Waals surface area contributed by atoms with Gasteiger partial charge in [0.25, 0.3) is 0 Å². The SMILES string of the molecule is COc1c2c(=O)oc(=O)c2cc2c(=O)oc(=O)c12. The number of fused-ring (bicyclic) bond motifs is 2. The second-order valence-corrected chi connectivity index (χ2v) is 3.61. The summed E-state index contributed by atoms with van der Waals surface area (Å²) in [4.78, 5) is 45.8. The van der Waals surface area contributed by atoms with Crippen LogP contribution in [0.15, 0.2) is 34.1 Å². The minimum Gasteiger partial charge on any atom is -0.495 e. The minimum absolute atomic E-state index is 0.109. The van der Waals surface area contributed by atoms with Crippen molar-refractivity contribution in [3.8, 4) is 5.75 Å². The quantitative estimate of drug-likeness (QED) is 0.571. The molecular weight excluding hydrogens is 244 g/mol. The maximum atomic E-state index is 11.5. The Bertz CT molecular complexity index is 902. The van der Waals surface area contributed by atoms with Gasteiger partial charge in [-0.2, -0.15) is 0 Å². The largest absolute Gasteiger partial charge is 0.495 e. The molecule has 0 aliphatic carbocycles. The Kier molecular flexibility index (Phi) is 1.83. The molecule has 0 radical (unpaired) electrons. The van der Waals surface area contributed by atoms with Gasteiger partial charge in [-0.05, 0) is 6.07 Å². The third kappa shape index (κ3) is 1.07. The van der Waals surface area contributed by atoms with Gasteiger partial charge in [0.1, 0.15) is 16.5 Å². The maximum Gasteiger partial charge on any atom is 0.350 e. The summed E-state index contributed by atoms with van der Waals surface area (Å²) in [6, 6.07) is 1.10. The molecule has 3 rings (SSSR count). The third-order valence-corrected chi connectivity index (χ3v) is 2.70. The predicted octanol–water partition coefficient (Wildman–Crippen LogP) is -0.496. The van der Waals surface area contributed by atoms with Gasteiger partial charge in [-0.1, -0.05) is 0 Å². The summed E-state index contributed by atoms with van der Waals surface area (Å²) < 4.78 is 13.7. The summed E-state index contributed by atoms with van der Waals surface area (Å²) in [6.07, 6.45) is 0. The number of hydrogen-bond acceptors (Lipinski definition) is 7. The standard InChI is InChI=1S/C11H4O7/c1-16-7-5-3(8(12)17-10(5)14)2-4-6(7)11(15)18-9(4)13/h2H,1H3. The summed E-state index contributed by atoms with van der Waals surface area (Å²) in [5.41, 5.74) is -3.60. The first kappa shape index (κ1) is 10.5. The minimum atomic E-state index is -0.915. The van der Waals surface area contributed by atoms with Crippen molar-refractivity contribution in [2.24, 2.45) is 0 Å². The Hall–Kier alpha value is -2.70. The fourth-order valence-corrected chi connectivity index (χ4v) is 1.97. The molecule has 90 valence electrons. The van der Waals surface area contributed by atoms with Gasteiger partial charge in [0.2, 0.25) is 0 Å². The van der Waals surface area contributed by atoms with E-state index in [0.29, 0.717) is 0 Å². The molecule has 0 fully saturated rings. The van der Waals surface area contributed by atoms with E-state index in [1.807, 2.05) is 0 Å². The zero-order valence-corrected chi connectivity index (χ0v) is 8.94. The Morgan fingerprint density at radius 1 is 0.833 bits per heavy atom. The second kappa shape index (κ2) is 3.16. The van der Waals surface area contributed by atoms with Crippen LogP contribution in [-0.2, 0) is 0 Å². The molecule has 0 amide bonds. The Labute approximate surface area is 96.5 Å². The molecular formula is C11H4O7. The lowest BCUT2D eigenvalue weighted by Crippen LogP contribution is -2.00. The maximum absolute atomic E-state index is 11.5. The van der Waals surface area contributed by atoms with Gasteiger partial charge in [-0.3, -0.25) is 0 Å². The van der Waals surface area contributed by atoms with Crippen LogP contribution >= 0.6 is 0 Å². The number of methoxy groups -OCH3 is 1. The molecule has 0 saturated heterocycles. The highest BCUT2D eigenvalue weighted by Crippen LogP contribution is 2.28. The average Bonchev–Trinajstić information content (AvgIpc) is 2.77. The molecule has 7 nitrogen and oxygen atoms in total. The van der Waals surface area contributed by atoms with Crippen LogP contribution in [0.3, 0.4) is 0 Å². The fraction of sp³-hybridized carbons (Fsp3) is 0.0909. The number of rotatable bonds is 1. The summed E-state index contributed by atoms with van der Waals surface area (Å²) in [6.45, 7) is 0. The smallest absolute Gasteiger partial charge is 0.350 e. The first-order chi connectivity index (χ1) is 8.54. The Morgan fingerprint density at radius 3 is 1.67 bits per heavy atom. The van der Waals surface area contributed by atoms with E-state index < -0.39 is 22.5 Å². The molecule has 0 unspecified atom stereocenters. The molecule has 2 heterocycles. The molecule has 3 aromatic rings. The van der Waals surface area contributed by atoms with Crippen molar-refractivity contribution in [2.45, 2.75) is 0 Å². The normalized spacial score (nSPS) is 11.4. The lowest BCUT2D eigenvalue weighted by atomic mass is 10.1. The van der Waals surface area contributed by atoms with Crippen LogP contribution in [0.4, 0.5) is 0 Å². The van der Waals surface area contributed by atoms with Crippen molar-refractivity contribution in [3.63, 3.8) is 0 Å². The Morgan fingerprint density at radius 2 is 1.28 bits per heavy atom. The van der Waals surface area contributed by atoms with Crippen molar-refractivity contribution in [3.05, 3.63) is 47.7 Å². The van der Waals surface area contributed by atoms with E-state index in [9.17, 15) is 19.2 Å². The van der Waals surface area contributed by atoms with Crippen molar-refractivity contribution in [1.29, 1.82) is 0 Å². The summed E-state index contributed by atoms with van der Waals surface area (Å²) in [5, 5.41) is -0.537. The lowest BCUT2D eigenvalue weighted by molar-refractivity contribution is 0.421. The van der Waals surface area contributed by atoms with Crippen LogP contribution in [-0.4, -0.2) is 7.11 Å². The molecule has 1 aromatic carbocycles. The van der Waals surface area contributed by atoms with E-state index >= 15 is 0 Å². The summed E-state index contributed by atoms with van der Waals surface area (Å²) in [7, 11) is 1.21. The first-order valence-corrected chi connectivity index (χ1v) is 4.82. The fourth-order valence-electron chi connectivity index (χ4n) is 1.97. The van der Waals surface area contributed by atoms with Gasteiger partial charge in [0, 0.05) is 0 Å². The monoisotopic (exact) mass is 248 g/mol. The third-order valence-electron chi connectivity index (χ3n) is 2.70. The number of hydrogen-bond donors (Lipinski definition) is 0. The molecule has 0 N–H and O–H groups in total. The van der Waals surface area contributed by atoms with Crippen molar-refractivity contribution >= 4 is 21.5 Å². The number of benzene rings is 1. The van der Waals surface area contributed by atoms with Gasteiger partial charge in [-0.15, -0.1) is 0 Å². The van der Waals surface area contributed by atoms with Gasteiger partial charge in [0.05, 0.1) is 17.9 Å². The van der Waals surface area contributed by atoms with Crippen molar-refractivity contribution in [1.82, 2.24) is 0 Å². The lowest BCUT2D eigenvalue weighted by Gasteiger charge is -1.99. The molecule has 7 heteroatoms. The topological polar surface area (TPSA) is 104 Å².